The molecule has 5 aliphatic rings. The van der Waals surface area contributed by atoms with E-state index in [0.29, 0.717) is 23.1 Å². The molecule has 0 aromatic heterocycles. The number of esters is 1. The van der Waals surface area contributed by atoms with Crippen LogP contribution in [0.4, 0.5) is 5.69 Å². The molecule has 2 aromatic carbocycles. The van der Waals surface area contributed by atoms with E-state index < -0.39 is 5.97 Å². The topological polar surface area (TPSA) is 80.8 Å². The van der Waals surface area contributed by atoms with E-state index in [1.54, 1.807) is 30.3 Å². The Balaban J connectivity index is 1.18. The first-order valence-electron chi connectivity index (χ1n) is 11.8. The van der Waals surface area contributed by atoms with Crippen LogP contribution in [-0.4, -0.2) is 30.2 Å². The van der Waals surface area contributed by atoms with Gasteiger partial charge in [-0.3, -0.25) is 14.4 Å². The number of ether oxygens (including phenoxy) is 1. The highest BCUT2D eigenvalue weighted by Gasteiger charge is 2.67. The minimum absolute atomic E-state index is 0.144. The van der Waals surface area contributed by atoms with Gasteiger partial charge in [0.05, 0.1) is 23.1 Å². The standard InChI is InChI=1S/C28H25NO5/c1-14-6-7-16(10-15(14)2)23(30)13-34-28(33)17-4-3-5-18(11-17)29-26(31)24-19-8-9-20(22-12-21(19)22)25(24)27(29)32/h3-11,19-22,24-25H,12-13H2,1-2H3/t19-,20-,21-,22-,24+,25+/m0/s1. The number of hydrogen-bond acceptors (Lipinski definition) is 5. The van der Waals surface area contributed by atoms with Gasteiger partial charge in [0.15, 0.2) is 12.4 Å². The van der Waals surface area contributed by atoms with Gasteiger partial charge in [0.1, 0.15) is 0 Å². The Hall–Kier alpha value is -3.54. The fourth-order valence-corrected chi connectivity index (χ4v) is 6.20. The molecule has 2 saturated carbocycles. The molecule has 0 unspecified atom stereocenters. The molecular weight excluding hydrogens is 430 g/mol. The van der Waals surface area contributed by atoms with Crippen molar-refractivity contribution in [2.45, 2.75) is 20.3 Å². The molecule has 1 aliphatic heterocycles. The number of anilines is 1. The van der Waals surface area contributed by atoms with Crippen molar-refractivity contribution in [3.63, 3.8) is 0 Å². The van der Waals surface area contributed by atoms with Crippen molar-refractivity contribution in [3.05, 3.63) is 76.9 Å². The smallest absolute Gasteiger partial charge is 0.338 e. The number of Topliss-reactive ketones (excluding diaryl/α,β-unsaturated/α-hetero) is 1. The number of amides is 2. The fourth-order valence-electron chi connectivity index (χ4n) is 6.20. The summed E-state index contributed by atoms with van der Waals surface area (Å²) < 4.78 is 5.26. The number of aryl methyl sites for hydroxylation is 2. The van der Waals surface area contributed by atoms with Crippen LogP contribution in [0.15, 0.2) is 54.6 Å². The maximum atomic E-state index is 13.3. The lowest BCUT2D eigenvalue weighted by Crippen LogP contribution is -2.40. The zero-order valence-electron chi connectivity index (χ0n) is 19.1. The third kappa shape index (κ3) is 3.08. The Morgan fingerprint density at radius 1 is 0.882 bits per heavy atom. The first-order chi connectivity index (χ1) is 16.3. The third-order valence-corrected chi connectivity index (χ3v) is 8.17. The molecule has 0 radical (unpaired) electrons. The minimum atomic E-state index is -0.668. The van der Waals surface area contributed by atoms with Gasteiger partial charge in [-0.15, -0.1) is 0 Å². The number of carbonyl (C=O) groups is 4. The Bertz CT molecular complexity index is 1260. The van der Waals surface area contributed by atoms with Crippen LogP contribution in [-0.2, 0) is 14.3 Å². The number of carbonyl (C=O) groups excluding carboxylic acids is 4. The van der Waals surface area contributed by atoms with Gasteiger partial charge in [-0.1, -0.05) is 30.4 Å². The highest BCUT2D eigenvalue weighted by atomic mass is 16.5. The quantitative estimate of drug-likeness (QED) is 0.296. The van der Waals surface area contributed by atoms with Gasteiger partial charge in [0, 0.05) is 5.56 Å². The number of benzene rings is 2. The van der Waals surface area contributed by atoms with Crippen molar-refractivity contribution >= 4 is 29.3 Å². The third-order valence-electron chi connectivity index (χ3n) is 8.17. The summed E-state index contributed by atoms with van der Waals surface area (Å²) in [5.41, 5.74) is 3.14. The lowest BCUT2D eigenvalue weighted by molar-refractivity contribution is -0.124. The minimum Gasteiger partial charge on any atom is -0.454 e. The summed E-state index contributed by atoms with van der Waals surface area (Å²) in [6.07, 6.45) is 5.38. The highest BCUT2D eigenvalue weighted by Crippen LogP contribution is 2.65. The van der Waals surface area contributed by atoms with Crippen LogP contribution in [0.1, 0.15) is 38.3 Å². The Morgan fingerprint density at radius 2 is 1.56 bits per heavy atom. The van der Waals surface area contributed by atoms with E-state index in [9.17, 15) is 19.2 Å². The second-order valence-corrected chi connectivity index (χ2v) is 10.0. The highest BCUT2D eigenvalue weighted by molar-refractivity contribution is 6.23. The monoisotopic (exact) mass is 455 g/mol. The van der Waals surface area contributed by atoms with Crippen molar-refractivity contribution < 1.29 is 23.9 Å². The second kappa shape index (κ2) is 7.49. The summed E-state index contributed by atoms with van der Waals surface area (Å²) in [5.74, 6) is -0.535. The number of rotatable bonds is 5. The maximum absolute atomic E-state index is 13.3. The van der Waals surface area contributed by atoms with Crippen LogP contribution in [0, 0.1) is 49.4 Å². The molecule has 3 fully saturated rings. The first-order valence-corrected chi connectivity index (χ1v) is 11.8. The van der Waals surface area contributed by atoms with Crippen LogP contribution in [0.3, 0.4) is 0 Å². The van der Waals surface area contributed by atoms with Gasteiger partial charge >= 0.3 is 5.97 Å². The molecule has 1 saturated heterocycles. The zero-order chi connectivity index (χ0) is 23.7. The molecule has 0 spiro atoms. The molecule has 0 N–H and O–H groups in total. The molecule has 2 amide bonds. The molecule has 1 heterocycles. The summed E-state index contributed by atoms with van der Waals surface area (Å²) in [6, 6.07) is 11.7. The SMILES string of the molecule is Cc1ccc(C(=O)COC(=O)c2cccc(N3C(=O)[C@@H]4[C@H]5C=C[C@@H]([C@@H]6C[C@@H]56)[C@H]4C3=O)c2)cc1C. The molecule has 34 heavy (non-hydrogen) atoms. The molecule has 6 nitrogen and oxygen atoms in total. The normalized spacial score (nSPS) is 30.2. The van der Waals surface area contributed by atoms with Crippen LogP contribution in [0.2, 0.25) is 0 Å². The number of allylic oxidation sites excluding steroid dienone is 2. The number of ketones is 1. The second-order valence-electron chi connectivity index (χ2n) is 10.0. The zero-order valence-corrected chi connectivity index (χ0v) is 19.1. The molecule has 4 aliphatic carbocycles. The van der Waals surface area contributed by atoms with E-state index in [0.717, 1.165) is 17.5 Å². The Morgan fingerprint density at radius 3 is 2.21 bits per heavy atom. The molecule has 6 heteroatoms. The van der Waals surface area contributed by atoms with E-state index in [1.165, 1.54) is 11.0 Å². The summed E-state index contributed by atoms with van der Waals surface area (Å²) in [6.45, 7) is 3.51. The maximum Gasteiger partial charge on any atom is 0.338 e. The van der Waals surface area contributed by atoms with Crippen LogP contribution < -0.4 is 4.90 Å². The summed E-state index contributed by atoms with van der Waals surface area (Å²) in [7, 11) is 0. The summed E-state index contributed by atoms with van der Waals surface area (Å²) in [4.78, 5) is 53.0. The largest absolute Gasteiger partial charge is 0.454 e. The molecule has 7 rings (SSSR count). The number of hydrogen-bond donors (Lipinski definition) is 0. The Kier molecular flexibility index (Phi) is 4.63. The Labute approximate surface area is 197 Å². The van der Waals surface area contributed by atoms with Gasteiger partial charge in [-0.25, -0.2) is 9.69 Å². The van der Waals surface area contributed by atoms with Crippen LogP contribution in [0.25, 0.3) is 0 Å². The molecule has 172 valence electrons. The molecule has 2 aromatic rings. The fraction of sp³-hybridized carbons (Fsp3) is 0.357. The van der Waals surface area contributed by atoms with Crippen molar-refractivity contribution in [2.75, 3.05) is 11.5 Å². The number of nitrogens with zero attached hydrogens (tertiary/aromatic N) is 1. The van der Waals surface area contributed by atoms with Gasteiger partial charge in [0.2, 0.25) is 11.8 Å². The van der Waals surface area contributed by atoms with Crippen molar-refractivity contribution in [1.29, 1.82) is 0 Å². The van der Waals surface area contributed by atoms with Crippen molar-refractivity contribution in [3.8, 4) is 0 Å². The van der Waals surface area contributed by atoms with Gasteiger partial charge in [-0.05, 0) is 79.3 Å². The molecular formula is C28H25NO5. The summed E-state index contributed by atoms with van der Waals surface area (Å²) >= 11 is 0. The number of imide groups is 1. The van der Waals surface area contributed by atoms with E-state index in [2.05, 4.69) is 12.2 Å². The van der Waals surface area contributed by atoms with Crippen molar-refractivity contribution in [2.24, 2.45) is 35.5 Å². The predicted octanol–water partition coefficient (Wildman–Crippen LogP) is 3.90. The average Bonchev–Trinajstić information content (AvgIpc) is 3.62. The van der Waals surface area contributed by atoms with Gasteiger partial charge < -0.3 is 4.74 Å². The predicted molar refractivity (Wildman–Crippen MR) is 124 cm³/mol. The first kappa shape index (κ1) is 21.0. The summed E-state index contributed by atoms with van der Waals surface area (Å²) in [5, 5.41) is 0. The van der Waals surface area contributed by atoms with E-state index in [4.69, 9.17) is 4.74 Å². The lowest BCUT2D eigenvalue weighted by Gasteiger charge is -2.37. The van der Waals surface area contributed by atoms with E-state index in [-0.39, 0.29) is 53.4 Å². The average molecular weight is 456 g/mol. The van der Waals surface area contributed by atoms with Crippen LogP contribution >= 0.6 is 0 Å². The molecule has 2 bridgehead atoms. The van der Waals surface area contributed by atoms with Gasteiger partial charge in [0.25, 0.3) is 0 Å². The van der Waals surface area contributed by atoms with Crippen molar-refractivity contribution in [1.82, 2.24) is 0 Å². The van der Waals surface area contributed by atoms with Crippen LogP contribution in [0.5, 0.6) is 0 Å². The van der Waals surface area contributed by atoms with E-state index >= 15 is 0 Å². The molecule has 6 atom stereocenters. The lowest BCUT2D eigenvalue weighted by atomic mass is 9.63. The van der Waals surface area contributed by atoms with Gasteiger partial charge in [-0.2, -0.15) is 0 Å². The van der Waals surface area contributed by atoms with E-state index in [1.807, 2.05) is 19.9 Å².